The molecule has 0 spiro atoms. The number of rotatable bonds is 7. The largest absolute Gasteiger partial charge is 0.352 e. The lowest BCUT2D eigenvalue weighted by atomic mass is 10.2. The van der Waals surface area contributed by atoms with Crippen LogP contribution in [0.2, 0.25) is 5.02 Å². The van der Waals surface area contributed by atoms with Crippen LogP contribution in [0.1, 0.15) is 36.5 Å². The first kappa shape index (κ1) is 19.9. The minimum absolute atomic E-state index is 0.0950. The highest BCUT2D eigenvalue weighted by molar-refractivity contribution is 6.30. The van der Waals surface area contributed by atoms with Crippen LogP contribution in [0, 0.1) is 0 Å². The van der Waals surface area contributed by atoms with E-state index in [0.717, 1.165) is 24.4 Å². The van der Waals surface area contributed by atoms with Crippen LogP contribution in [0.3, 0.4) is 0 Å². The summed E-state index contributed by atoms with van der Waals surface area (Å²) < 4.78 is 0. The summed E-state index contributed by atoms with van der Waals surface area (Å²) in [6.07, 6.45) is 1.85. The normalized spacial score (nSPS) is 13.2. The molecule has 0 atom stereocenters. The SMILES string of the molecule is CC1=NN(c2ccc(C(=O)NCCCC(=O)Nc3ccc(Cl)cc3)cc2)CC1. The first-order chi connectivity index (χ1) is 13.5. The van der Waals surface area contributed by atoms with Gasteiger partial charge in [-0.05, 0) is 61.9 Å². The molecule has 2 N–H and O–H groups in total. The van der Waals surface area contributed by atoms with Gasteiger partial charge in [0.25, 0.3) is 5.91 Å². The van der Waals surface area contributed by atoms with Gasteiger partial charge in [0, 0.05) is 47.9 Å². The van der Waals surface area contributed by atoms with Crippen LogP contribution in [0.5, 0.6) is 0 Å². The predicted octanol–water partition coefficient (Wildman–Crippen LogP) is 4.07. The summed E-state index contributed by atoms with van der Waals surface area (Å²) >= 11 is 5.82. The van der Waals surface area contributed by atoms with Gasteiger partial charge in [0.1, 0.15) is 0 Å². The fourth-order valence-corrected chi connectivity index (χ4v) is 2.98. The van der Waals surface area contributed by atoms with Crippen LogP contribution in [0.4, 0.5) is 11.4 Å². The van der Waals surface area contributed by atoms with Crippen molar-refractivity contribution in [2.45, 2.75) is 26.2 Å². The second-order valence-corrected chi connectivity index (χ2v) is 7.11. The van der Waals surface area contributed by atoms with Gasteiger partial charge in [0.05, 0.1) is 5.69 Å². The highest BCUT2D eigenvalue weighted by Crippen LogP contribution is 2.20. The van der Waals surface area contributed by atoms with Gasteiger partial charge in [0.2, 0.25) is 5.91 Å². The lowest BCUT2D eigenvalue weighted by Gasteiger charge is -2.14. The smallest absolute Gasteiger partial charge is 0.251 e. The molecule has 0 aliphatic carbocycles. The summed E-state index contributed by atoms with van der Waals surface area (Å²) in [6.45, 7) is 3.32. The number of halogens is 1. The Labute approximate surface area is 169 Å². The monoisotopic (exact) mass is 398 g/mol. The number of hydrogen-bond acceptors (Lipinski definition) is 4. The maximum atomic E-state index is 12.2. The molecule has 2 aromatic rings. The summed E-state index contributed by atoms with van der Waals surface area (Å²) in [7, 11) is 0. The van der Waals surface area contributed by atoms with Crippen LogP contribution in [-0.4, -0.2) is 30.6 Å². The van der Waals surface area contributed by atoms with Gasteiger partial charge in [0.15, 0.2) is 0 Å². The number of anilines is 2. The summed E-state index contributed by atoms with van der Waals surface area (Å²) in [4.78, 5) is 24.2. The molecule has 28 heavy (non-hydrogen) atoms. The van der Waals surface area contributed by atoms with E-state index in [0.29, 0.717) is 35.7 Å². The zero-order valence-electron chi connectivity index (χ0n) is 15.7. The quantitative estimate of drug-likeness (QED) is 0.690. The fourth-order valence-electron chi connectivity index (χ4n) is 2.86. The molecule has 1 aliphatic heterocycles. The number of amides is 2. The van der Waals surface area contributed by atoms with E-state index in [9.17, 15) is 9.59 Å². The fraction of sp³-hybridized carbons (Fsp3) is 0.286. The van der Waals surface area contributed by atoms with Crippen molar-refractivity contribution in [3.05, 3.63) is 59.1 Å². The number of hydrogen-bond donors (Lipinski definition) is 2. The van der Waals surface area contributed by atoms with E-state index in [1.165, 1.54) is 0 Å². The molecule has 2 aromatic carbocycles. The Balaban J connectivity index is 1.39. The van der Waals surface area contributed by atoms with E-state index in [4.69, 9.17) is 11.6 Å². The molecule has 0 radical (unpaired) electrons. The van der Waals surface area contributed by atoms with Gasteiger partial charge < -0.3 is 10.6 Å². The molecule has 0 fully saturated rings. The van der Waals surface area contributed by atoms with Gasteiger partial charge in [-0.25, -0.2) is 0 Å². The molecule has 1 heterocycles. The van der Waals surface area contributed by atoms with E-state index >= 15 is 0 Å². The molecule has 0 aromatic heterocycles. The lowest BCUT2D eigenvalue weighted by molar-refractivity contribution is -0.116. The Morgan fingerprint density at radius 3 is 2.46 bits per heavy atom. The van der Waals surface area contributed by atoms with Gasteiger partial charge in [-0.15, -0.1) is 0 Å². The minimum Gasteiger partial charge on any atom is -0.352 e. The molecule has 146 valence electrons. The second-order valence-electron chi connectivity index (χ2n) is 6.67. The third-order valence-electron chi connectivity index (χ3n) is 4.40. The van der Waals surface area contributed by atoms with Crippen molar-refractivity contribution in [3.8, 4) is 0 Å². The van der Waals surface area contributed by atoms with Crippen molar-refractivity contribution in [2.24, 2.45) is 5.10 Å². The summed E-state index contributed by atoms with van der Waals surface area (Å²) in [5, 5.41) is 12.7. The average Bonchev–Trinajstić information content (AvgIpc) is 3.13. The van der Waals surface area contributed by atoms with Crippen molar-refractivity contribution < 1.29 is 9.59 Å². The number of hydrazone groups is 1. The second kappa shape index (κ2) is 9.37. The van der Waals surface area contributed by atoms with Crippen molar-refractivity contribution in [1.82, 2.24) is 5.32 Å². The number of carbonyl (C=O) groups is 2. The molecule has 0 saturated heterocycles. The zero-order chi connectivity index (χ0) is 19.9. The first-order valence-electron chi connectivity index (χ1n) is 9.26. The Bertz CT molecular complexity index is 863. The van der Waals surface area contributed by atoms with E-state index in [1.54, 1.807) is 36.4 Å². The van der Waals surface area contributed by atoms with Crippen LogP contribution in [-0.2, 0) is 4.79 Å². The third-order valence-corrected chi connectivity index (χ3v) is 4.65. The zero-order valence-corrected chi connectivity index (χ0v) is 16.5. The predicted molar refractivity (Wildman–Crippen MR) is 113 cm³/mol. The summed E-state index contributed by atoms with van der Waals surface area (Å²) in [5.74, 6) is -0.242. The lowest BCUT2D eigenvalue weighted by Crippen LogP contribution is -2.25. The van der Waals surface area contributed by atoms with Gasteiger partial charge in [-0.1, -0.05) is 11.6 Å². The summed E-state index contributed by atoms with van der Waals surface area (Å²) in [6, 6.07) is 14.3. The summed E-state index contributed by atoms with van der Waals surface area (Å²) in [5.41, 5.74) is 3.39. The Hall–Kier alpha value is -2.86. The van der Waals surface area contributed by atoms with Crippen LogP contribution in [0.15, 0.2) is 53.6 Å². The third kappa shape index (κ3) is 5.57. The Morgan fingerprint density at radius 1 is 1.11 bits per heavy atom. The van der Waals surface area contributed by atoms with E-state index in [1.807, 2.05) is 24.1 Å². The molecule has 2 amide bonds. The molecular formula is C21H23ClN4O2. The highest BCUT2D eigenvalue weighted by atomic mass is 35.5. The molecule has 1 aliphatic rings. The van der Waals surface area contributed by atoms with Crippen molar-refractivity contribution in [3.63, 3.8) is 0 Å². The molecule has 7 heteroatoms. The van der Waals surface area contributed by atoms with Crippen LogP contribution >= 0.6 is 11.6 Å². The molecule has 0 unspecified atom stereocenters. The van der Waals surface area contributed by atoms with Crippen LogP contribution in [0.25, 0.3) is 0 Å². The van der Waals surface area contributed by atoms with Gasteiger partial charge in [-0.2, -0.15) is 5.10 Å². The standard InChI is InChI=1S/C21H23ClN4O2/c1-15-12-14-26(25-15)19-10-4-16(5-11-19)21(28)23-13-2-3-20(27)24-18-8-6-17(22)7-9-18/h4-11H,2-3,12-14H2,1H3,(H,23,28)(H,24,27). The number of nitrogens with one attached hydrogen (secondary N) is 2. The highest BCUT2D eigenvalue weighted by Gasteiger charge is 2.13. The molecule has 3 rings (SSSR count). The Morgan fingerprint density at radius 2 is 1.82 bits per heavy atom. The van der Waals surface area contributed by atoms with Gasteiger partial charge in [-0.3, -0.25) is 14.6 Å². The average molecular weight is 399 g/mol. The van der Waals surface area contributed by atoms with E-state index in [-0.39, 0.29) is 11.8 Å². The first-order valence-corrected chi connectivity index (χ1v) is 9.64. The minimum atomic E-state index is -0.147. The number of carbonyl (C=O) groups excluding carboxylic acids is 2. The van der Waals surface area contributed by atoms with E-state index in [2.05, 4.69) is 15.7 Å². The molecule has 0 saturated carbocycles. The maximum absolute atomic E-state index is 12.2. The van der Waals surface area contributed by atoms with E-state index < -0.39 is 0 Å². The number of benzene rings is 2. The van der Waals surface area contributed by atoms with Crippen molar-refractivity contribution >= 4 is 40.5 Å². The molecule has 6 nitrogen and oxygen atoms in total. The molecule has 0 bridgehead atoms. The van der Waals surface area contributed by atoms with Gasteiger partial charge >= 0.3 is 0 Å². The van der Waals surface area contributed by atoms with Crippen molar-refractivity contribution in [1.29, 1.82) is 0 Å². The maximum Gasteiger partial charge on any atom is 0.251 e. The van der Waals surface area contributed by atoms with Crippen LogP contribution < -0.4 is 15.6 Å². The number of nitrogens with zero attached hydrogens (tertiary/aromatic N) is 2. The van der Waals surface area contributed by atoms with Crippen molar-refractivity contribution in [2.75, 3.05) is 23.4 Å². The Kier molecular flexibility index (Phi) is 6.66. The molecular weight excluding hydrogens is 376 g/mol. The topological polar surface area (TPSA) is 73.8 Å².